The van der Waals surface area contributed by atoms with Gasteiger partial charge < -0.3 is 10.2 Å². The summed E-state index contributed by atoms with van der Waals surface area (Å²) < 4.78 is 14.2. The highest BCUT2D eigenvalue weighted by atomic mass is 35.5. The van der Waals surface area contributed by atoms with Gasteiger partial charge >= 0.3 is 0 Å². The van der Waals surface area contributed by atoms with E-state index in [1.807, 2.05) is 20.2 Å². The first-order valence-electron chi connectivity index (χ1n) is 5.37. The molecule has 18 heavy (non-hydrogen) atoms. The van der Waals surface area contributed by atoms with Crippen molar-refractivity contribution in [1.29, 1.82) is 0 Å². The summed E-state index contributed by atoms with van der Waals surface area (Å²) in [5, 5.41) is 3.13. The molecule has 0 radical (unpaired) electrons. The van der Waals surface area contributed by atoms with Crippen molar-refractivity contribution in [2.75, 3.05) is 24.3 Å². The number of hydrogen-bond donors (Lipinski definition) is 1. The van der Waals surface area contributed by atoms with Crippen LogP contribution < -0.4 is 10.2 Å². The maximum Gasteiger partial charge on any atom is 0.183 e. The van der Waals surface area contributed by atoms with Gasteiger partial charge in [-0.2, -0.15) is 0 Å². The number of halogens is 2. The molecule has 0 spiro atoms. The fraction of sp³-hybridized carbons (Fsp3) is 0.250. The lowest BCUT2D eigenvalue weighted by molar-refractivity contribution is 0.626. The number of benzene rings is 1. The van der Waals surface area contributed by atoms with Crippen molar-refractivity contribution in [1.82, 2.24) is 4.98 Å². The lowest BCUT2D eigenvalue weighted by Gasteiger charge is -2.14. The average molecular weight is 286 g/mol. The Labute approximate surface area is 114 Å². The molecular weight excluding hydrogens is 273 g/mol. The third-order valence-corrected chi connectivity index (χ3v) is 3.54. The molecule has 0 aliphatic rings. The van der Waals surface area contributed by atoms with Gasteiger partial charge in [-0.3, -0.25) is 0 Å². The Morgan fingerprint density at radius 1 is 1.44 bits per heavy atom. The van der Waals surface area contributed by atoms with E-state index in [0.717, 1.165) is 10.6 Å². The van der Waals surface area contributed by atoms with Gasteiger partial charge in [0.25, 0.3) is 0 Å². The SMILES string of the molecule is CN(C)c1ccc(NCc2cnc(Cl)s2)cc1F. The van der Waals surface area contributed by atoms with Crippen LogP contribution in [0.25, 0.3) is 0 Å². The average Bonchev–Trinajstić information content (AvgIpc) is 2.72. The minimum absolute atomic E-state index is 0.243. The monoisotopic (exact) mass is 285 g/mol. The van der Waals surface area contributed by atoms with Crippen LogP contribution in [-0.4, -0.2) is 19.1 Å². The zero-order chi connectivity index (χ0) is 13.1. The van der Waals surface area contributed by atoms with E-state index in [1.165, 1.54) is 17.4 Å². The minimum Gasteiger partial charge on any atom is -0.380 e. The molecular formula is C12H13ClFN3S. The second-order valence-corrected chi connectivity index (χ2v) is 5.69. The standard InChI is InChI=1S/C12H13ClFN3S/c1-17(2)11-4-3-8(5-10(11)14)15-6-9-7-16-12(13)18-9/h3-5,7,15H,6H2,1-2H3. The fourth-order valence-corrected chi connectivity index (χ4v) is 2.45. The van der Waals surface area contributed by atoms with Gasteiger partial charge in [-0.05, 0) is 18.2 Å². The highest BCUT2D eigenvalue weighted by Gasteiger charge is 2.05. The third-order valence-electron chi connectivity index (χ3n) is 2.42. The van der Waals surface area contributed by atoms with Crippen molar-refractivity contribution in [3.63, 3.8) is 0 Å². The Morgan fingerprint density at radius 3 is 2.78 bits per heavy atom. The van der Waals surface area contributed by atoms with Gasteiger partial charge in [-0.15, -0.1) is 11.3 Å². The van der Waals surface area contributed by atoms with E-state index in [1.54, 1.807) is 17.2 Å². The summed E-state index contributed by atoms with van der Waals surface area (Å²) in [4.78, 5) is 6.70. The van der Waals surface area contributed by atoms with E-state index in [2.05, 4.69) is 10.3 Å². The molecule has 1 aromatic carbocycles. The number of nitrogens with zero attached hydrogens (tertiary/aromatic N) is 2. The molecule has 0 fully saturated rings. The van der Waals surface area contributed by atoms with Crippen molar-refractivity contribution in [2.24, 2.45) is 0 Å². The molecule has 2 aromatic rings. The van der Waals surface area contributed by atoms with Crippen LogP contribution in [0, 0.1) is 5.82 Å². The number of aromatic nitrogens is 1. The summed E-state index contributed by atoms with van der Waals surface area (Å²) in [7, 11) is 3.62. The Balaban J connectivity index is 2.04. The topological polar surface area (TPSA) is 28.2 Å². The molecule has 3 nitrogen and oxygen atoms in total. The van der Waals surface area contributed by atoms with Crippen LogP contribution in [0.3, 0.4) is 0 Å². The van der Waals surface area contributed by atoms with Crippen LogP contribution >= 0.6 is 22.9 Å². The molecule has 0 atom stereocenters. The molecule has 0 aliphatic carbocycles. The van der Waals surface area contributed by atoms with Crippen molar-refractivity contribution in [3.05, 3.63) is 39.6 Å². The zero-order valence-corrected chi connectivity index (χ0v) is 11.6. The van der Waals surface area contributed by atoms with Gasteiger partial charge in [-0.25, -0.2) is 9.37 Å². The normalized spacial score (nSPS) is 10.4. The number of anilines is 2. The van der Waals surface area contributed by atoms with Crippen LogP contribution in [0.2, 0.25) is 4.47 Å². The maximum absolute atomic E-state index is 13.7. The largest absolute Gasteiger partial charge is 0.380 e. The van der Waals surface area contributed by atoms with Gasteiger partial charge in [0.15, 0.2) is 4.47 Å². The van der Waals surface area contributed by atoms with Gasteiger partial charge in [0, 0.05) is 30.9 Å². The number of nitrogens with one attached hydrogen (secondary N) is 1. The fourth-order valence-electron chi connectivity index (χ4n) is 1.53. The van der Waals surface area contributed by atoms with E-state index >= 15 is 0 Å². The van der Waals surface area contributed by atoms with Crippen molar-refractivity contribution >= 4 is 34.3 Å². The summed E-state index contributed by atoms with van der Waals surface area (Å²) in [5.74, 6) is -0.243. The molecule has 0 aliphatic heterocycles. The molecule has 0 unspecified atom stereocenters. The minimum atomic E-state index is -0.243. The van der Waals surface area contributed by atoms with E-state index in [-0.39, 0.29) is 5.82 Å². The molecule has 1 heterocycles. The summed E-state index contributed by atoms with van der Waals surface area (Å²) in [6, 6.07) is 5.08. The Morgan fingerprint density at radius 2 is 2.22 bits per heavy atom. The molecule has 0 saturated carbocycles. The highest BCUT2D eigenvalue weighted by Crippen LogP contribution is 2.23. The van der Waals surface area contributed by atoms with Crippen molar-refractivity contribution < 1.29 is 4.39 Å². The first kappa shape index (κ1) is 13.1. The number of thiazole rings is 1. The van der Waals surface area contributed by atoms with Crippen molar-refractivity contribution in [2.45, 2.75) is 6.54 Å². The second kappa shape index (κ2) is 5.54. The summed E-state index contributed by atoms with van der Waals surface area (Å²) in [6.45, 7) is 0.588. The molecule has 1 N–H and O–H groups in total. The molecule has 0 bridgehead atoms. The van der Waals surface area contributed by atoms with E-state index in [9.17, 15) is 4.39 Å². The van der Waals surface area contributed by atoms with Crippen LogP contribution in [0.1, 0.15) is 4.88 Å². The Hall–Kier alpha value is -1.33. The van der Waals surface area contributed by atoms with Gasteiger partial charge in [0.2, 0.25) is 0 Å². The van der Waals surface area contributed by atoms with Crippen LogP contribution in [0.4, 0.5) is 15.8 Å². The number of rotatable bonds is 4. The highest BCUT2D eigenvalue weighted by molar-refractivity contribution is 7.15. The van der Waals surface area contributed by atoms with Crippen LogP contribution in [0.5, 0.6) is 0 Å². The lowest BCUT2D eigenvalue weighted by Crippen LogP contribution is -2.10. The van der Waals surface area contributed by atoms with Gasteiger partial charge in [0.1, 0.15) is 5.82 Å². The quantitative estimate of drug-likeness (QED) is 0.930. The van der Waals surface area contributed by atoms with Crippen LogP contribution in [-0.2, 0) is 6.54 Å². The van der Waals surface area contributed by atoms with E-state index < -0.39 is 0 Å². The lowest BCUT2D eigenvalue weighted by atomic mass is 10.2. The predicted molar refractivity (Wildman–Crippen MR) is 75.2 cm³/mol. The molecule has 0 amide bonds. The Kier molecular flexibility index (Phi) is 4.04. The first-order chi connectivity index (χ1) is 8.56. The molecule has 0 saturated heterocycles. The summed E-state index contributed by atoms with van der Waals surface area (Å²) in [5.41, 5.74) is 1.31. The van der Waals surface area contributed by atoms with Gasteiger partial charge in [0.05, 0.1) is 12.2 Å². The summed E-state index contributed by atoms with van der Waals surface area (Å²) >= 11 is 7.15. The predicted octanol–water partition coefficient (Wildman–Crippen LogP) is 3.61. The second-order valence-electron chi connectivity index (χ2n) is 3.99. The molecule has 96 valence electrons. The number of hydrogen-bond acceptors (Lipinski definition) is 4. The summed E-state index contributed by atoms with van der Waals surface area (Å²) in [6.07, 6.45) is 1.71. The first-order valence-corrected chi connectivity index (χ1v) is 6.56. The zero-order valence-electron chi connectivity index (χ0n) is 10.1. The van der Waals surface area contributed by atoms with Gasteiger partial charge in [-0.1, -0.05) is 11.6 Å². The van der Waals surface area contributed by atoms with Crippen LogP contribution in [0.15, 0.2) is 24.4 Å². The van der Waals surface area contributed by atoms with E-state index in [0.29, 0.717) is 16.7 Å². The smallest absolute Gasteiger partial charge is 0.183 e. The third kappa shape index (κ3) is 3.11. The Bertz CT molecular complexity index is 542. The maximum atomic E-state index is 13.7. The molecule has 1 aromatic heterocycles. The molecule has 2 rings (SSSR count). The van der Waals surface area contributed by atoms with Crippen molar-refractivity contribution in [3.8, 4) is 0 Å². The molecule has 6 heteroatoms. The van der Waals surface area contributed by atoms with E-state index in [4.69, 9.17) is 11.6 Å².